The van der Waals surface area contributed by atoms with Gasteiger partial charge in [0.2, 0.25) is 5.91 Å². The van der Waals surface area contributed by atoms with Crippen LogP contribution in [0.25, 0.3) is 0 Å². The van der Waals surface area contributed by atoms with E-state index >= 15 is 0 Å². The molecule has 31 heavy (non-hydrogen) atoms. The first-order valence-electron chi connectivity index (χ1n) is 10.8. The highest BCUT2D eigenvalue weighted by Crippen LogP contribution is 2.30. The molecule has 0 atom stereocenters. The van der Waals surface area contributed by atoms with Gasteiger partial charge in [-0.1, -0.05) is 72.8 Å². The average Bonchev–Trinajstić information content (AvgIpc) is 3.24. The van der Waals surface area contributed by atoms with Crippen LogP contribution in [0.5, 0.6) is 0 Å². The Morgan fingerprint density at radius 2 is 1.48 bits per heavy atom. The van der Waals surface area contributed by atoms with Gasteiger partial charge in [0.15, 0.2) is 0 Å². The van der Waals surface area contributed by atoms with E-state index in [4.69, 9.17) is 0 Å². The van der Waals surface area contributed by atoms with E-state index in [9.17, 15) is 9.59 Å². The molecule has 0 unspecified atom stereocenters. The molecule has 0 bridgehead atoms. The van der Waals surface area contributed by atoms with Crippen molar-refractivity contribution in [1.82, 2.24) is 5.32 Å². The first-order chi connectivity index (χ1) is 15.2. The highest BCUT2D eigenvalue weighted by atomic mass is 16.2. The van der Waals surface area contributed by atoms with Gasteiger partial charge in [-0.05, 0) is 36.1 Å². The third-order valence-corrected chi connectivity index (χ3v) is 5.64. The summed E-state index contributed by atoms with van der Waals surface area (Å²) in [4.78, 5) is 26.5. The second-order valence-corrected chi connectivity index (χ2v) is 7.71. The first-order valence-corrected chi connectivity index (χ1v) is 10.8. The number of para-hydroxylation sites is 2. The zero-order valence-corrected chi connectivity index (χ0v) is 17.5. The van der Waals surface area contributed by atoms with E-state index in [0.717, 1.165) is 18.5 Å². The summed E-state index contributed by atoms with van der Waals surface area (Å²) >= 11 is 0. The second-order valence-electron chi connectivity index (χ2n) is 7.71. The number of amides is 3. The largest absolute Gasteiger partial charge is 0.338 e. The summed E-state index contributed by atoms with van der Waals surface area (Å²) in [6.07, 6.45) is 2.19. The molecular weight excluding hydrogens is 386 g/mol. The minimum Gasteiger partial charge on any atom is -0.338 e. The summed E-state index contributed by atoms with van der Waals surface area (Å²) in [5.41, 5.74) is 3.87. The van der Waals surface area contributed by atoms with Crippen molar-refractivity contribution in [1.29, 1.82) is 0 Å². The zero-order valence-electron chi connectivity index (χ0n) is 17.5. The van der Waals surface area contributed by atoms with Crippen molar-refractivity contribution < 1.29 is 9.59 Å². The molecule has 5 heteroatoms. The molecule has 1 heterocycles. The zero-order chi connectivity index (χ0) is 21.5. The second kappa shape index (κ2) is 9.94. The number of urea groups is 1. The van der Waals surface area contributed by atoms with Crippen LogP contribution < -0.4 is 15.5 Å². The summed E-state index contributed by atoms with van der Waals surface area (Å²) in [6.45, 7) is 1.22. The third kappa shape index (κ3) is 5.12. The van der Waals surface area contributed by atoms with E-state index < -0.39 is 0 Å². The molecule has 5 nitrogen and oxygen atoms in total. The quantitative estimate of drug-likeness (QED) is 0.562. The summed E-state index contributed by atoms with van der Waals surface area (Å²) in [6, 6.07) is 27.9. The van der Waals surface area contributed by atoms with Gasteiger partial charge in [0.05, 0.1) is 11.4 Å². The summed E-state index contributed by atoms with van der Waals surface area (Å²) < 4.78 is 0. The topological polar surface area (TPSA) is 61.4 Å². The van der Waals surface area contributed by atoms with Crippen molar-refractivity contribution in [2.45, 2.75) is 25.2 Å². The Morgan fingerprint density at radius 3 is 2.10 bits per heavy atom. The van der Waals surface area contributed by atoms with Gasteiger partial charge in [-0.3, -0.25) is 4.79 Å². The van der Waals surface area contributed by atoms with Gasteiger partial charge >= 0.3 is 6.03 Å². The van der Waals surface area contributed by atoms with Crippen LogP contribution in [0.2, 0.25) is 0 Å². The predicted octanol–water partition coefficient (Wildman–Crippen LogP) is 5.16. The Morgan fingerprint density at radius 1 is 0.871 bits per heavy atom. The Hall–Kier alpha value is -3.60. The molecule has 3 aromatic rings. The molecule has 0 saturated carbocycles. The molecule has 2 N–H and O–H groups in total. The summed E-state index contributed by atoms with van der Waals surface area (Å²) in [7, 11) is 0. The van der Waals surface area contributed by atoms with Crippen LogP contribution in [0.4, 0.5) is 16.2 Å². The molecule has 1 aliphatic rings. The highest BCUT2D eigenvalue weighted by Gasteiger charge is 2.24. The molecule has 1 saturated heterocycles. The van der Waals surface area contributed by atoms with Gasteiger partial charge in [0.1, 0.15) is 0 Å². The lowest BCUT2D eigenvalue weighted by Gasteiger charge is -2.21. The van der Waals surface area contributed by atoms with Crippen LogP contribution in [0.3, 0.4) is 0 Å². The van der Waals surface area contributed by atoms with Gasteiger partial charge in [0.25, 0.3) is 0 Å². The molecule has 1 fully saturated rings. The lowest BCUT2D eigenvalue weighted by molar-refractivity contribution is -0.117. The van der Waals surface area contributed by atoms with Gasteiger partial charge in [-0.25, -0.2) is 4.79 Å². The van der Waals surface area contributed by atoms with Crippen molar-refractivity contribution in [3.63, 3.8) is 0 Å². The maximum Gasteiger partial charge on any atom is 0.319 e. The first kappa shape index (κ1) is 20.7. The fourth-order valence-electron chi connectivity index (χ4n) is 4.11. The molecule has 0 aliphatic carbocycles. The number of hydrogen-bond donors (Lipinski definition) is 2. The fourth-order valence-corrected chi connectivity index (χ4v) is 4.11. The van der Waals surface area contributed by atoms with Crippen LogP contribution in [0.1, 0.15) is 36.3 Å². The van der Waals surface area contributed by atoms with Crippen LogP contribution in [-0.4, -0.2) is 25.0 Å². The lowest BCUT2D eigenvalue weighted by atomic mass is 9.88. The normalized spacial score (nSPS) is 13.5. The van der Waals surface area contributed by atoms with Crippen molar-refractivity contribution >= 4 is 23.3 Å². The Labute approximate surface area is 183 Å². The molecule has 4 rings (SSSR count). The predicted molar refractivity (Wildman–Crippen MR) is 124 cm³/mol. The molecule has 0 aromatic heterocycles. The maximum atomic E-state index is 12.6. The molecular formula is C26H27N3O2. The van der Waals surface area contributed by atoms with E-state index in [-0.39, 0.29) is 17.9 Å². The minimum absolute atomic E-state index is 0.100. The van der Waals surface area contributed by atoms with Crippen LogP contribution >= 0.6 is 0 Å². The molecule has 1 aliphatic heterocycles. The fraction of sp³-hybridized carbons (Fsp3) is 0.231. The summed E-state index contributed by atoms with van der Waals surface area (Å²) in [5.74, 6) is 0.306. The molecule has 0 radical (unpaired) electrons. The van der Waals surface area contributed by atoms with Crippen LogP contribution in [0.15, 0.2) is 84.9 Å². The SMILES string of the molecule is O=C(NCCC(c1ccccc1)c1ccccc1)Nc1ccccc1N1CCCC1=O. The highest BCUT2D eigenvalue weighted by molar-refractivity contribution is 6.01. The van der Waals surface area contributed by atoms with E-state index in [1.54, 1.807) is 4.90 Å². The van der Waals surface area contributed by atoms with E-state index in [0.29, 0.717) is 25.2 Å². The van der Waals surface area contributed by atoms with Crippen molar-refractivity contribution in [3.05, 3.63) is 96.1 Å². The van der Waals surface area contributed by atoms with Gasteiger partial charge < -0.3 is 15.5 Å². The van der Waals surface area contributed by atoms with Crippen LogP contribution in [-0.2, 0) is 4.79 Å². The summed E-state index contributed by atoms with van der Waals surface area (Å²) in [5, 5.41) is 5.89. The van der Waals surface area contributed by atoms with E-state index in [2.05, 4.69) is 34.9 Å². The van der Waals surface area contributed by atoms with Gasteiger partial charge in [-0.15, -0.1) is 0 Å². The molecule has 158 valence electrons. The average molecular weight is 414 g/mol. The van der Waals surface area contributed by atoms with Gasteiger partial charge in [0, 0.05) is 25.4 Å². The number of rotatable bonds is 7. The maximum absolute atomic E-state index is 12.6. The van der Waals surface area contributed by atoms with Crippen molar-refractivity contribution in [2.75, 3.05) is 23.3 Å². The Balaban J connectivity index is 1.39. The van der Waals surface area contributed by atoms with Crippen LogP contribution in [0, 0.1) is 0 Å². The number of carbonyl (C=O) groups excluding carboxylic acids is 2. The van der Waals surface area contributed by atoms with E-state index in [1.165, 1.54) is 11.1 Å². The third-order valence-electron chi connectivity index (χ3n) is 5.64. The standard InChI is InChI=1S/C26H27N3O2/c30-25-16-9-19-29(25)24-15-8-7-14-23(24)28-26(31)27-18-17-22(20-10-3-1-4-11-20)21-12-5-2-6-13-21/h1-8,10-15,22H,9,16-19H2,(H2,27,28,31). The Kier molecular flexibility index (Phi) is 6.62. The minimum atomic E-state index is -0.265. The number of anilines is 2. The number of carbonyl (C=O) groups is 2. The van der Waals surface area contributed by atoms with Crippen molar-refractivity contribution in [2.24, 2.45) is 0 Å². The van der Waals surface area contributed by atoms with E-state index in [1.807, 2.05) is 60.7 Å². The van der Waals surface area contributed by atoms with Crippen molar-refractivity contribution in [3.8, 4) is 0 Å². The van der Waals surface area contributed by atoms with Gasteiger partial charge in [-0.2, -0.15) is 0 Å². The lowest BCUT2D eigenvalue weighted by Crippen LogP contribution is -2.32. The number of hydrogen-bond acceptors (Lipinski definition) is 2. The molecule has 3 amide bonds. The molecule has 3 aromatic carbocycles. The number of benzene rings is 3. The Bertz CT molecular complexity index is 982. The number of nitrogens with zero attached hydrogens (tertiary/aromatic N) is 1. The smallest absolute Gasteiger partial charge is 0.319 e. The number of nitrogens with one attached hydrogen (secondary N) is 2. The monoisotopic (exact) mass is 413 g/mol. The molecule has 0 spiro atoms.